The van der Waals surface area contributed by atoms with Crippen molar-refractivity contribution in [2.45, 2.75) is 51.7 Å². The van der Waals surface area contributed by atoms with Gasteiger partial charge in [0.15, 0.2) is 11.6 Å². The normalized spacial score (nSPS) is 18.8. The molecule has 2 atom stereocenters. The zero-order chi connectivity index (χ0) is 17.7. The van der Waals surface area contributed by atoms with E-state index in [2.05, 4.69) is 0 Å². The number of benzene rings is 1. The molecule has 0 heterocycles. The van der Waals surface area contributed by atoms with Crippen molar-refractivity contribution in [3.05, 3.63) is 47.7 Å². The van der Waals surface area contributed by atoms with Crippen LogP contribution in [0, 0.1) is 0 Å². The van der Waals surface area contributed by atoms with Crippen LogP contribution in [0.25, 0.3) is 0 Å². The van der Waals surface area contributed by atoms with Crippen LogP contribution in [0.4, 0.5) is 0 Å². The molecule has 0 saturated heterocycles. The van der Waals surface area contributed by atoms with Crippen LogP contribution in [0.5, 0.6) is 0 Å². The summed E-state index contributed by atoms with van der Waals surface area (Å²) in [5.41, 5.74) is 1.03. The molecule has 0 aliphatic heterocycles. The van der Waals surface area contributed by atoms with Crippen molar-refractivity contribution in [3.8, 4) is 0 Å². The van der Waals surface area contributed by atoms with Gasteiger partial charge in [-0.15, -0.1) is 0 Å². The number of carbonyl (C=O) groups is 3. The lowest BCUT2D eigenvalue weighted by molar-refractivity contribution is -0.162. The predicted octanol–water partition coefficient (Wildman–Crippen LogP) is 2.94. The van der Waals surface area contributed by atoms with Crippen molar-refractivity contribution < 1.29 is 23.9 Å². The van der Waals surface area contributed by atoms with E-state index in [0.717, 1.165) is 5.56 Å². The number of ether oxygens (including phenoxy) is 2. The highest BCUT2D eigenvalue weighted by Crippen LogP contribution is 2.32. The molecule has 0 radical (unpaired) electrons. The van der Waals surface area contributed by atoms with Crippen LogP contribution in [0.15, 0.2) is 42.2 Å². The maximum atomic E-state index is 12.0. The zero-order valence-electron chi connectivity index (χ0n) is 14.2. The summed E-state index contributed by atoms with van der Waals surface area (Å²) in [6, 6.07) is 9.65. The molecule has 1 aromatic rings. The molecule has 1 aliphatic rings. The van der Waals surface area contributed by atoms with E-state index in [1.807, 2.05) is 30.3 Å². The Morgan fingerprint density at radius 1 is 1.12 bits per heavy atom. The van der Waals surface area contributed by atoms with Crippen molar-refractivity contribution in [1.82, 2.24) is 0 Å². The topological polar surface area (TPSA) is 69.7 Å². The maximum absolute atomic E-state index is 12.0. The first-order valence-electron chi connectivity index (χ1n) is 8.02. The van der Waals surface area contributed by atoms with Crippen LogP contribution in [-0.2, 0) is 23.9 Å². The lowest BCUT2D eigenvalue weighted by atomic mass is 9.86. The summed E-state index contributed by atoms with van der Waals surface area (Å²) >= 11 is 0. The fourth-order valence-corrected chi connectivity index (χ4v) is 2.64. The van der Waals surface area contributed by atoms with Crippen LogP contribution in [0.1, 0.15) is 45.1 Å². The Kier molecular flexibility index (Phi) is 5.90. The van der Waals surface area contributed by atoms with Crippen LogP contribution < -0.4 is 0 Å². The minimum Gasteiger partial charge on any atom is -0.475 e. The van der Waals surface area contributed by atoms with Crippen LogP contribution in [0.3, 0.4) is 0 Å². The summed E-state index contributed by atoms with van der Waals surface area (Å²) in [4.78, 5) is 35.8. The average molecular weight is 330 g/mol. The minimum atomic E-state index is -1.33. The number of esters is 1. The quantitative estimate of drug-likeness (QED) is 0.592. The van der Waals surface area contributed by atoms with Gasteiger partial charge in [0.1, 0.15) is 5.76 Å². The van der Waals surface area contributed by atoms with Gasteiger partial charge in [-0.25, -0.2) is 4.79 Å². The molecule has 0 spiro atoms. The molecule has 0 fully saturated rings. The number of hydrogen-bond acceptors (Lipinski definition) is 5. The highest BCUT2D eigenvalue weighted by Gasteiger charge is 2.31. The van der Waals surface area contributed by atoms with Gasteiger partial charge < -0.3 is 9.47 Å². The van der Waals surface area contributed by atoms with Gasteiger partial charge in [0.2, 0.25) is 0 Å². The van der Waals surface area contributed by atoms with Gasteiger partial charge in [0, 0.05) is 18.9 Å². The summed E-state index contributed by atoms with van der Waals surface area (Å²) < 4.78 is 10.6. The van der Waals surface area contributed by atoms with Gasteiger partial charge in [0.25, 0.3) is 6.10 Å². The van der Waals surface area contributed by atoms with Gasteiger partial charge in [-0.2, -0.15) is 0 Å². The molecule has 0 amide bonds. The first-order valence-corrected chi connectivity index (χ1v) is 8.02. The molecule has 5 nitrogen and oxygen atoms in total. The number of hydrogen-bond donors (Lipinski definition) is 0. The summed E-state index contributed by atoms with van der Waals surface area (Å²) in [5, 5.41) is 0. The van der Waals surface area contributed by atoms with Gasteiger partial charge >= 0.3 is 5.97 Å². The second-order valence-electron chi connectivity index (χ2n) is 6.19. The standard InChI is InChI=1S/C19H22O5/c1-12(2)23-19(22)18(13(3)20)24-17-10-15(9-16(21)11-17)14-7-5-4-6-8-14/h4-8,11-12,15,18H,9-10H2,1-3H3/t15-,18+/m0/s1. The van der Waals surface area contributed by atoms with Gasteiger partial charge in [0.05, 0.1) is 6.10 Å². The summed E-state index contributed by atoms with van der Waals surface area (Å²) in [6.45, 7) is 4.67. The molecule has 0 saturated carbocycles. The Labute approximate surface area is 141 Å². The van der Waals surface area contributed by atoms with E-state index < -0.39 is 17.9 Å². The molecule has 1 aromatic carbocycles. The number of Topliss-reactive ketones (excluding diaryl/α,β-unsaturated/α-hetero) is 1. The van der Waals surface area contributed by atoms with E-state index in [1.54, 1.807) is 13.8 Å². The molecule has 0 unspecified atom stereocenters. The van der Waals surface area contributed by atoms with Crippen molar-refractivity contribution in [1.29, 1.82) is 0 Å². The van der Waals surface area contributed by atoms with E-state index in [1.165, 1.54) is 13.0 Å². The van der Waals surface area contributed by atoms with Crippen LogP contribution in [0.2, 0.25) is 0 Å². The smallest absolute Gasteiger partial charge is 0.355 e. The highest BCUT2D eigenvalue weighted by molar-refractivity contribution is 6.01. The summed E-state index contributed by atoms with van der Waals surface area (Å²) in [5.74, 6) is -0.929. The fourth-order valence-electron chi connectivity index (χ4n) is 2.64. The molecule has 0 bridgehead atoms. The first-order chi connectivity index (χ1) is 11.4. The number of rotatable bonds is 6. The Bertz CT molecular complexity index is 645. The Morgan fingerprint density at radius 3 is 2.38 bits per heavy atom. The van der Waals surface area contributed by atoms with Gasteiger partial charge in [-0.3, -0.25) is 9.59 Å². The highest BCUT2D eigenvalue weighted by atomic mass is 16.6. The molecular weight excluding hydrogens is 308 g/mol. The van der Waals surface area contributed by atoms with Crippen LogP contribution in [-0.4, -0.2) is 29.7 Å². The molecule has 0 N–H and O–H groups in total. The SMILES string of the molecule is CC(=O)[C@@H](OC1=CC(=O)C[C@H](c2ccccc2)C1)C(=O)OC(C)C. The summed E-state index contributed by atoms with van der Waals surface area (Å²) in [7, 11) is 0. The van der Waals surface area contributed by atoms with Gasteiger partial charge in [-0.05, 0) is 32.3 Å². The van der Waals surface area contributed by atoms with Crippen molar-refractivity contribution in [2.75, 3.05) is 0 Å². The molecule has 1 aliphatic carbocycles. The van der Waals surface area contributed by atoms with Crippen molar-refractivity contribution in [2.24, 2.45) is 0 Å². The van der Waals surface area contributed by atoms with E-state index in [0.29, 0.717) is 18.6 Å². The molecule has 5 heteroatoms. The molecule has 24 heavy (non-hydrogen) atoms. The Balaban J connectivity index is 2.13. The summed E-state index contributed by atoms with van der Waals surface area (Å²) in [6.07, 6.45) is 0.549. The first kappa shape index (κ1) is 17.9. The van der Waals surface area contributed by atoms with Gasteiger partial charge in [-0.1, -0.05) is 30.3 Å². The number of ketones is 2. The van der Waals surface area contributed by atoms with Crippen molar-refractivity contribution >= 4 is 17.5 Å². The second-order valence-corrected chi connectivity index (χ2v) is 6.19. The Morgan fingerprint density at radius 2 is 1.79 bits per heavy atom. The van der Waals surface area contributed by atoms with E-state index in [-0.39, 0.29) is 17.8 Å². The monoisotopic (exact) mass is 330 g/mol. The number of allylic oxidation sites excluding steroid dienone is 2. The zero-order valence-corrected chi connectivity index (χ0v) is 14.2. The largest absolute Gasteiger partial charge is 0.475 e. The lowest BCUT2D eigenvalue weighted by Crippen LogP contribution is -2.35. The predicted molar refractivity (Wildman–Crippen MR) is 88.3 cm³/mol. The van der Waals surface area contributed by atoms with E-state index >= 15 is 0 Å². The lowest BCUT2D eigenvalue weighted by Gasteiger charge is -2.25. The third-order valence-electron chi connectivity index (χ3n) is 3.69. The molecule has 0 aromatic heterocycles. The fraction of sp³-hybridized carbons (Fsp3) is 0.421. The molecular formula is C19H22O5. The van der Waals surface area contributed by atoms with Crippen LogP contribution >= 0.6 is 0 Å². The number of carbonyl (C=O) groups excluding carboxylic acids is 3. The van der Waals surface area contributed by atoms with E-state index in [9.17, 15) is 14.4 Å². The third-order valence-corrected chi connectivity index (χ3v) is 3.69. The maximum Gasteiger partial charge on any atom is 0.355 e. The van der Waals surface area contributed by atoms with E-state index in [4.69, 9.17) is 9.47 Å². The van der Waals surface area contributed by atoms with Crippen molar-refractivity contribution in [3.63, 3.8) is 0 Å². The minimum absolute atomic E-state index is 0.0209. The Hall–Kier alpha value is -2.43. The third kappa shape index (κ3) is 4.78. The molecule has 2 rings (SSSR count). The second kappa shape index (κ2) is 7.90. The average Bonchev–Trinajstić information content (AvgIpc) is 2.52. The molecule has 128 valence electrons.